The van der Waals surface area contributed by atoms with Crippen LogP contribution in [0.5, 0.6) is 11.8 Å². The quantitative estimate of drug-likeness (QED) is 0.366. The van der Waals surface area contributed by atoms with Crippen LogP contribution in [0, 0.1) is 4.91 Å². The lowest BCUT2D eigenvalue weighted by Crippen LogP contribution is -2.11. The zero-order valence-electron chi connectivity index (χ0n) is 15.8. The largest absolute Gasteiger partial charge is 0.494 e. The molecule has 0 spiro atoms. The monoisotopic (exact) mass is 398 g/mol. The molecular weight excluding hydrogens is 380 g/mol. The SMILES string of the molecule is O=NC(=O)/C=C/c1ccc2c(O)n(C(c3ccccc3)c3ccccc3)c(O)c2c1. The molecule has 6 nitrogen and oxygen atoms in total. The minimum absolute atomic E-state index is 0.0682. The first-order valence-electron chi connectivity index (χ1n) is 9.31. The summed E-state index contributed by atoms with van der Waals surface area (Å²) in [5.74, 6) is -1.07. The molecule has 0 aliphatic heterocycles. The average molecular weight is 398 g/mol. The number of rotatable bonds is 5. The van der Waals surface area contributed by atoms with Crippen molar-refractivity contribution < 1.29 is 15.0 Å². The van der Waals surface area contributed by atoms with Crippen LogP contribution >= 0.6 is 0 Å². The molecule has 6 heteroatoms. The molecule has 0 atom stereocenters. The summed E-state index contributed by atoms with van der Waals surface area (Å²) < 4.78 is 1.49. The topological polar surface area (TPSA) is 91.9 Å². The van der Waals surface area contributed by atoms with E-state index in [1.165, 1.54) is 10.6 Å². The zero-order valence-corrected chi connectivity index (χ0v) is 15.8. The van der Waals surface area contributed by atoms with Gasteiger partial charge in [-0.1, -0.05) is 66.7 Å². The molecule has 0 fully saturated rings. The highest BCUT2D eigenvalue weighted by Gasteiger charge is 2.25. The number of carbonyl (C=O) groups is 1. The van der Waals surface area contributed by atoms with Gasteiger partial charge in [-0.2, -0.15) is 0 Å². The summed E-state index contributed by atoms with van der Waals surface area (Å²) >= 11 is 0. The average Bonchev–Trinajstić information content (AvgIpc) is 3.04. The second-order valence-corrected chi connectivity index (χ2v) is 6.81. The van der Waals surface area contributed by atoms with Crippen molar-refractivity contribution in [3.8, 4) is 11.8 Å². The maximum atomic E-state index is 11.1. The van der Waals surface area contributed by atoms with E-state index in [4.69, 9.17) is 0 Å². The molecule has 4 rings (SSSR count). The van der Waals surface area contributed by atoms with Gasteiger partial charge in [-0.15, -0.1) is 4.91 Å². The van der Waals surface area contributed by atoms with Crippen LogP contribution in [-0.2, 0) is 4.79 Å². The van der Waals surface area contributed by atoms with Crippen molar-refractivity contribution >= 4 is 22.8 Å². The number of nitroso groups, excluding NO2 is 1. The fraction of sp³-hybridized carbons (Fsp3) is 0.0417. The van der Waals surface area contributed by atoms with Crippen molar-refractivity contribution in [1.82, 2.24) is 4.57 Å². The van der Waals surface area contributed by atoms with Gasteiger partial charge < -0.3 is 10.2 Å². The Morgan fingerprint density at radius 1 is 0.833 bits per heavy atom. The van der Waals surface area contributed by atoms with E-state index < -0.39 is 11.9 Å². The number of aromatic hydroxyl groups is 2. The van der Waals surface area contributed by atoms with E-state index in [0.29, 0.717) is 16.3 Å². The van der Waals surface area contributed by atoms with Crippen LogP contribution < -0.4 is 0 Å². The van der Waals surface area contributed by atoms with Crippen molar-refractivity contribution in [2.45, 2.75) is 6.04 Å². The van der Waals surface area contributed by atoms with E-state index in [1.54, 1.807) is 18.2 Å². The number of fused-ring (bicyclic) bond motifs is 1. The maximum absolute atomic E-state index is 11.1. The lowest BCUT2D eigenvalue weighted by molar-refractivity contribution is -0.113. The first kappa shape index (κ1) is 19.1. The van der Waals surface area contributed by atoms with Crippen LogP contribution in [-0.4, -0.2) is 20.7 Å². The summed E-state index contributed by atoms with van der Waals surface area (Å²) in [6, 6.07) is 23.7. The summed E-state index contributed by atoms with van der Waals surface area (Å²) in [7, 11) is 0. The Balaban J connectivity index is 1.90. The van der Waals surface area contributed by atoms with E-state index in [1.807, 2.05) is 60.7 Å². The number of hydrogen-bond donors (Lipinski definition) is 2. The second kappa shape index (κ2) is 8.05. The molecule has 0 aliphatic carbocycles. The molecule has 2 N–H and O–H groups in total. The van der Waals surface area contributed by atoms with E-state index >= 15 is 0 Å². The van der Waals surface area contributed by atoms with Gasteiger partial charge in [0.2, 0.25) is 11.8 Å². The fourth-order valence-electron chi connectivity index (χ4n) is 3.61. The minimum atomic E-state index is -0.895. The molecule has 0 saturated heterocycles. The van der Waals surface area contributed by atoms with Gasteiger partial charge in [0.15, 0.2) is 0 Å². The second-order valence-electron chi connectivity index (χ2n) is 6.81. The standard InChI is InChI=1S/C24H18N2O4/c27-21(25-30)14-12-16-11-13-19-20(15-16)24(29)26(23(19)28)22(17-7-3-1-4-8-17)18-9-5-2-6-10-18/h1-15,22,28-29H/b14-12+. The Morgan fingerprint density at radius 2 is 1.40 bits per heavy atom. The molecule has 1 amide bonds. The molecular formula is C24H18N2O4. The third-order valence-corrected chi connectivity index (χ3v) is 4.98. The van der Waals surface area contributed by atoms with Gasteiger partial charge in [-0.25, -0.2) is 0 Å². The van der Waals surface area contributed by atoms with Crippen LogP contribution in [0.1, 0.15) is 22.7 Å². The Kier molecular flexibility index (Phi) is 5.13. The highest BCUT2D eigenvalue weighted by Crippen LogP contribution is 2.43. The van der Waals surface area contributed by atoms with Crippen LogP contribution in [0.4, 0.5) is 0 Å². The molecule has 30 heavy (non-hydrogen) atoms. The molecule has 4 aromatic rings. The third kappa shape index (κ3) is 3.46. The van der Waals surface area contributed by atoms with Crippen LogP contribution in [0.15, 0.2) is 90.1 Å². The number of hydrogen-bond acceptors (Lipinski definition) is 4. The van der Waals surface area contributed by atoms with Gasteiger partial charge >= 0.3 is 5.91 Å². The van der Waals surface area contributed by atoms with Gasteiger partial charge in [-0.3, -0.25) is 9.36 Å². The summed E-state index contributed by atoms with van der Waals surface area (Å²) in [6.07, 6.45) is 2.49. The molecule has 0 saturated carbocycles. The molecule has 0 unspecified atom stereocenters. The minimum Gasteiger partial charge on any atom is -0.494 e. The zero-order chi connectivity index (χ0) is 21.1. The van der Waals surface area contributed by atoms with E-state index in [-0.39, 0.29) is 11.8 Å². The van der Waals surface area contributed by atoms with Crippen molar-refractivity contribution in [1.29, 1.82) is 0 Å². The first-order chi connectivity index (χ1) is 14.6. The molecule has 0 radical (unpaired) electrons. The first-order valence-corrected chi connectivity index (χ1v) is 9.31. The van der Waals surface area contributed by atoms with Crippen molar-refractivity contribution in [3.05, 3.63) is 107 Å². The van der Waals surface area contributed by atoms with Crippen LogP contribution in [0.3, 0.4) is 0 Å². The van der Waals surface area contributed by atoms with E-state index in [2.05, 4.69) is 5.18 Å². The maximum Gasteiger partial charge on any atom is 0.309 e. The lowest BCUT2D eigenvalue weighted by atomic mass is 9.98. The normalized spacial score (nSPS) is 11.4. The molecule has 1 aromatic heterocycles. The number of aromatic nitrogens is 1. The Bertz CT molecular complexity index is 1210. The molecule has 1 heterocycles. The van der Waals surface area contributed by atoms with Crippen LogP contribution in [0.2, 0.25) is 0 Å². The molecule has 0 bridgehead atoms. The number of benzene rings is 3. The van der Waals surface area contributed by atoms with Crippen LogP contribution in [0.25, 0.3) is 16.8 Å². The van der Waals surface area contributed by atoms with Gasteiger partial charge in [0.1, 0.15) is 0 Å². The summed E-state index contributed by atoms with van der Waals surface area (Å²) in [5.41, 5.74) is 2.39. The summed E-state index contributed by atoms with van der Waals surface area (Å²) in [5, 5.41) is 25.3. The summed E-state index contributed by atoms with van der Waals surface area (Å²) in [4.78, 5) is 21.4. The predicted molar refractivity (Wildman–Crippen MR) is 115 cm³/mol. The fourth-order valence-corrected chi connectivity index (χ4v) is 3.61. The van der Waals surface area contributed by atoms with E-state index in [0.717, 1.165) is 17.2 Å². The number of amides is 1. The van der Waals surface area contributed by atoms with Crippen molar-refractivity contribution in [2.24, 2.45) is 5.18 Å². The van der Waals surface area contributed by atoms with Gasteiger partial charge in [0, 0.05) is 22.0 Å². The van der Waals surface area contributed by atoms with Gasteiger partial charge in [0.05, 0.1) is 6.04 Å². The smallest absolute Gasteiger partial charge is 0.309 e. The van der Waals surface area contributed by atoms with E-state index in [9.17, 15) is 19.9 Å². The highest BCUT2D eigenvalue weighted by molar-refractivity contribution is 5.96. The van der Waals surface area contributed by atoms with Gasteiger partial charge in [-0.05, 0) is 34.9 Å². The molecule has 0 aliphatic rings. The molecule has 148 valence electrons. The lowest BCUT2D eigenvalue weighted by Gasteiger charge is -2.22. The predicted octanol–water partition coefficient (Wildman–Crippen LogP) is 5.00. The Labute approximate surface area is 172 Å². The van der Waals surface area contributed by atoms with Gasteiger partial charge in [0.25, 0.3) is 0 Å². The molecule has 3 aromatic carbocycles. The summed E-state index contributed by atoms with van der Waals surface area (Å²) in [6.45, 7) is 0. The third-order valence-electron chi connectivity index (χ3n) is 4.98. The van der Waals surface area contributed by atoms with Crippen molar-refractivity contribution in [2.75, 3.05) is 0 Å². The van der Waals surface area contributed by atoms with Crippen molar-refractivity contribution in [3.63, 3.8) is 0 Å². The Hall–Kier alpha value is -4.19. The number of nitrogens with zero attached hydrogens (tertiary/aromatic N) is 2. The highest BCUT2D eigenvalue weighted by atomic mass is 16.3. The number of carbonyl (C=O) groups excluding carboxylic acids is 1. The Morgan fingerprint density at radius 3 is 1.97 bits per heavy atom.